The van der Waals surface area contributed by atoms with E-state index in [0.29, 0.717) is 5.56 Å². The molecule has 0 radical (unpaired) electrons. The van der Waals surface area contributed by atoms with Crippen LogP contribution < -0.4 is 11.5 Å². The molecule has 5 N–H and O–H groups in total. The average Bonchev–Trinajstić information content (AvgIpc) is 2.26. The zero-order valence-electron chi connectivity index (χ0n) is 8.67. The molecule has 1 aromatic rings. The number of rotatable bonds is 5. The Morgan fingerprint density at radius 1 is 1.25 bits per heavy atom. The molecule has 2 atom stereocenters. The van der Waals surface area contributed by atoms with Gasteiger partial charge in [0.05, 0.1) is 0 Å². The average molecular weight is 222 g/mol. The van der Waals surface area contributed by atoms with Crippen molar-refractivity contribution in [2.24, 2.45) is 11.5 Å². The molecule has 0 aliphatic carbocycles. The van der Waals surface area contributed by atoms with E-state index in [1.165, 1.54) is 0 Å². The van der Waals surface area contributed by atoms with Gasteiger partial charge in [-0.05, 0) is 5.56 Å². The second-order valence-corrected chi connectivity index (χ2v) is 3.55. The minimum atomic E-state index is -1.14. The van der Waals surface area contributed by atoms with Crippen molar-refractivity contribution in [3.8, 4) is 0 Å². The molecule has 5 nitrogen and oxygen atoms in total. The summed E-state index contributed by atoms with van der Waals surface area (Å²) in [6, 6.07) is 7.66. The molecule has 1 amide bonds. The Balaban J connectivity index is 2.96. The quantitative estimate of drug-likeness (QED) is 0.654. The molecule has 0 bridgehead atoms. The standard InChI is InChI=1S/C11H14N2O3/c12-9(14)6-8(10(13)11(15)16)7-4-2-1-3-5-7/h1-5,8,10H,6,13H2,(H2,12,14)(H,15,16)/t8?,10-/m0/s1. The number of aliphatic carboxylic acids is 1. The van der Waals surface area contributed by atoms with Gasteiger partial charge in [0.15, 0.2) is 0 Å². The van der Waals surface area contributed by atoms with E-state index in [4.69, 9.17) is 16.6 Å². The van der Waals surface area contributed by atoms with Gasteiger partial charge < -0.3 is 16.6 Å². The molecule has 1 aromatic carbocycles. The summed E-state index contributed by atoms with van der Waals surface area (Å²) in [7, 11) is 0. The van der Waals surface area contributed by atoms with Crippen LogP contribution in [0.1, 0.15) is 17.9 Å². The van der Waals surface area contributed by atoms with E-state index in [1.54, 1.807) is 30.3 Å². The summed E-state index contributed by atoms with van der Waals surface area (Å²) in [5.74, 6) is -2.29. The molecule has 5 heteroatoms. The summed E-state index contributed by atoms with van der Waals surface area (Å²) in [5, 5.41) is 8.85. The molecule has 0 saturated carbocycles. The molecule has 86 valence electrons. The predicted octanol–water partition coefficient (Wildman–Crippen LogP) is 0.0575. The first-order valence-electron chi connectivity index (χ1n) is 4.84. The van der Waals surface area contributed by atoms with Crippen molar-refractivity contribution >= 4 is 11.9 Å². The highest BCUT2D eigenvalue weighted by Gasteiger charge is 2.27. The second-order valence-electron chi connectivity index (χ2n) is 3.55. The fourth-order valence-electron chi connectivity index (χ4n) is 1.54. The van der Waals surface area contributed by atoms with Crippen LogP contribution in [0, 0.1) is 0 Å². The van der Waals surface area contributed by atoms with Gasteiger partial charge in [0.1, 0.15) is 6.04 Å². The second kappa shape index (κ2) is 5.27. The van der Waals surface area contributed by atoms with Crippen LogP contribution >= 0.6 is 0 Å². The first-order chi connectivity index (χ1) is 7.52. The van der Waals surface area contributed by atoms with Gasteiger partial charge in [-0.2, -0.15) is 0 Å². The lowest BCUT2D eigenvalue weighted by Gasteiger charge is -2.19. The fourth-order valence-corrected chi connectivity index (χ4v) is 1.54. The van der Waals surface area contributed by atoms with Gasteiger partial charge in [-0.25, -0.2) is 0 Å². The van der Waals surface area contributed by atoms with E-state index in [0.717, 1.165) is 0 Å². The SMILES string of the molecule is NC(=O)CC(c1ccccc1)[C@H](N)C(=O)O. The number of amides is 1. The van der Waals surface area contributed by atoms with Crippen molar-refractivity contribution in [2.75, 3.05) is 0 Å². The number of nitrogens with two attached hydrogens (primary N) is 2. The molecule has 0 aromatic heterocycles. The Morgan fingerprint density at radius 3 is 2.25 bits per heavy atom. The minimum absolute atomic E-state index is 0.0719. The van der Waals surface area contributed by atoms with E-state index in [2.05, 4.69) is 0 Å². The Bertz CT molecular complexity index is 378. The van der Waals surface area contributed by atoms with Gasteiger partial charge in [0.2, 0.25) is 5.91 Å². The lowest BCUT2D eigenvalue weighted by Crippen LogP contribution is -2.38. The molecule has 1 rings (SSSR count). The third-order valence-electron chi connectivity index (χ3n) is 2.37. The van der Waals surface area contributed by atoms with Crippen LogP contribution in [0.2, 0.25) is 0 Å². The van der Waals surface area contributed by atoms with Crippen LogP contribution in [0.25, 0.3) is 0 Å². The van der Waals surface area contributed by atoms with Crippen molar-refractivity contribution in [1.29, 1.82) is 0 Å². The lowest BCUT2D eigenvalue weighted by molar-refractivity contribution is -0.139. The van der Waals surface area contributed by atoms with Crippen LogP contribution in [0.15, 0.2) is 30.3 Å². The third-order valence-corrected chi connectivity index (χ3v) is 2.37. The zero-order chi connectivity index (χ0) is 12.1. The summed E-state index contributed by atoms with van der Waals surface area (Å²) >= 11 is 0. The molecule has 0 spiro atoms. The molecular formula is C11H14N2O3. The van der Waals surface area contributed by atoms with Crippen molar-refractivity contribution in [2.45, 2.75) is 18.4 Å². The van der Waals surface area contributed by atoms with Gasteiger partial charge in [0, 0.05) is 12.3 Å². The van der Waals surface area contributed by atoms with E-state index >= 15 is 0 Å². The summed E-state index contributed by atoms with van der Waals surface area (Å²) in [6.07, 6.45) is -0.0719. The summed E-state index contributed by atoms with van der Waals surface area (Å²) in [4.78, 5) is 21.7. The predicted molar refractivity (Wildman–Crippen MR) is 58.6 cm³/mol. The molecule has 1 unspecified atom stereocenters. The molecular weight excluding hydrogens is 208 g/mol. The van der Waals surface area contributed by atoms with Crippen molar-refractivity contribution in [1.82, 2.24) is 0 Å². The maximum atomic E-state index is 10.9. The largest absolute Gasteiger partial charge is 0.480 e. The Hall–Kier alpha value is -1.88. The van der Waals surface area contributed by atoms with E-state index < -0.39 is 23.8 Å². The minimum Gasteiger partial charge on any atom is -0.480 e. The normalized spacial score (nSPS) is 14.1. The van der Waals surface area contributed by atoms with Gasteiger partial charge in [-0.15, -0.1) is 0 Å². The Kier molecular flexibility index (Phi) is 4.02. The number of carboxylic acids is 1. The van der Waals surface area contributed by atoms with Crippen LogP contribution in [-0.4, -0.2) is 23.0 Å². The number of primary amides is 1. The highest BCUT2D eigenvalue weighted by molar-refractivity contribution is 5.79. The van der Waals surface area contributed by atoms with Crippen LogP contribution in [0.4, 0.5) is 0 Å². The smallest absolute Gasteiger partial charge is 0.321 e. The lowest BCUT2D eigenvalue weighted by atomic mass is 9.89. The number of carbonyl (C=O) groups excluding carboxylic acids is 1. The third kappa shape index (κ3) is 3.06. The molecule has 0 aliphatic rings. The van der Waals surface area contributed by atoms with E-state index in [9.17, 15) is 9.59 Å². The monoisotopic (exact) mass is 222 g/mol. The van der Waals surface area contributed by atoms with Crippen molar-refractivity contribution in [3.63, 3.8) is 0 Å². The fraction of sp³-hybridized carbons (Fsp3) is 0.273. The maximum Gasteiger partial charge on any atom is 0.321 e. The van der Waals surface area contributed by atoms with Gasteiger partial charge in [-0.3, -0.25) is 9.59 Å². The van der Waals surface area contributed by atoms with Gasteiger partial charge in [0.25, 0.3) is 0 Å². The molecule has 0 aliphatic heterocycles. The first-order valence-corrected chi connectivity index (χ1v) is 4.84. The maximum absolute atomic E-state index is 10.9. The molecule has 16 heavy (non-hydrogen) atoms. The number of hydrogen-bond acceptors (Lipinski definition) is 3. The number of benzene rings is 1. The number of hydrogen-bond donors (Lipinski definition) is 3. The summed E-state index contributed by atoms with van der Waals surface area (Å²) < 4.78 is 0. The molecule has 0 saturated heterocycles. The van der Waals surface area contributed by atoms with Crippen LogP contribution in [-0.2, 0) is 9.59 Å². The van der Waals surface area contributed by atoms with Gasteiger partial charge >= 0.3 is 5.97 Å². The van der Waals surface area contributed by atoms with Crippen molar-refractivity contribution in [3.05, 3.63) is 35.9 Å². The molecule has 0 heterocycles. The highest BCUT2D eigenvalue weighted by atomic mass is 16.4. The van der Waals surface area contributed by atoms with Crippen LogP contribution in [0.3, 0.4) is 0 Å². The Morgan fingerprint density at radius 2 is 1.81 bits per heavy atom. The topological polar surface area (TPSA) is 106 Å². The summed E-state index contributed by atoms with van der Waals surface area (Å²) in [6.45, 7) is 0. The zero-order valence-corrected chi connectivity index (χ0v) is 8.67. The Labute approximate surface area is 93.1 Å². The number of carboxylic acid groups (broad SMARTS) is 1. The molecule has 0 fully saturated rings. The van der Waals surface area contributed by atoms with E-state index in [1.807, 2.05) is 0 Å². The summed E-state index contributed by atoms with van der Waals surface area (Å²) in [5.41, 5.74) is 11.3. The van der Waals surface area contributed by atoms with Crippen molar-refractivity contribution < 1.29 is 14.7 Å². The van der Waals surface area contributed by atoms with Crippen LogP contribution in [0.5, 0.6) is 0 Å². The number of carbonyl (C=O) groups is 2. The highest BCUT2D eigenvalue weighted by Crippen LogP contribution is 2.22. The van der Waals surface area contributed by atoms with E-state index in [-0.39, 0.29) is 6.42 Å². The van der Waals surface area contributed by atoms with Gasteiger partial charge in [-0.1, -0.05) is 30.3 Å². The first kappa shape index (κ1) is 12.2.